The molecule has 2 aliphatic heterocycles. The van der Waals surface area contributed by atoms with E-state index in [0.29, 0.717) is 5.92 Å². The van der Waals surface area contributed by atoms with E-state index in [4.69, 9.17) is 14.5 Å². The lowest BCUT2D eigenvalue weighted by molar-refractivity contribution is 0.0468. The van der Waals surface area contributed by atoms with E-state index in [1.54, 1.807) is 14.2 Å². The molecule has 0 N–H and O–H groups in total. The Labute approximate surface area is 221 Å². The summed E-state index contributed by atoms with van der Waals surface area (Å²) in [6.07, 6.45) is 9.56. The number of benzene rings is 2. The van der Waals surface area contributed by atoms with Crippen LogP contribution < -0.4 is 9.47 Å². The van der Waals surface area contributed by atoms with Gasteiger partial charge in [0.2, 0.25) is 0 Å². The van der Waals surface area contributed by atoms with Crippen LogP contribution in [0, 0.1) is 6.92 Å². The van der Waals surface area contributed by atoms with E-state index in [1.165, 1.54) is 87.8 Å². The Morgan fingerprint density at radius 2 is 1.43 bits per heavy atom. The van der Waals surface area contributed by atoms with Crippen LogP contribution in [0.1, 0.15) is 62.0 Å². The highest BCUT2D eigenvalue weighted by molar-refractivity contribution is 5.84. The molecule has 3 aromatic rings. The Morgan fingerprint density at radius 1 is 0.784 bits per heavy atom. The average Bonchev–Trinajstić information content (AvgIpc) is 3.24. The van der Waals surface area contributed by atoms with Crippen molar-refractivity contribution in [2.45, 2.75) is 69.9 Å². The number of methoxy groups -OCH3 is 2. The summed E-state index contributed by atoms with van der Waals surface area (Å²) in [5.41, 5.74) is 6.08. The van der Waals surface area contributed by atoms with Crippen LogP contribution >= 0.6 is 0 Å². The molecule has 198 valence electrons. The van der Waals surface area contributed by atoms with Crippen molar-refractivity contribution in [1.29, 1.82) is 0 Å². The maximum absolute atomic E-state index is 5.54. The Bertz CT molecular complexity index is 1250. The van der Waals surface area contributed by atoms with Crippen LogP contribution in [-0.2, 0) is 7.05 Å². The summed E-state index contributed by atoms with van der Waals surface area (Å²) in [6.45, 7) is 7.31. The first-order valence-corrected chi connectivity index (χ1v) is 14.2. The zero-order chi connectivity index (χ0) is 25.5. The molecule has 0 bridgehead atoms. The number of hydrogen-bond donors (Lipinski definition) is 0. The van der Waals surface area contributed by atoms with E-state index in [0.717, 1.165) is 40.5 Å². The van der Waals surface area contributed by atoms with Crippen molar-refractivity contribution in [3.05, 3.63) is 41.5 Å². The third-order valence-corrected chi connectivity index (χ3v) is 9.45. The van der Waals surface area contributed by atoms with Crippen molar-refractivity contribution in [1.82, 2.24) is 19.4 Å². The summed E-state index contributed by atoms with van der Waals surface area (Å²) in [4.78, 5) is 10.6. The van der Waals surface area contributed by atoms with Crippen LogP contribution in [0.15, 0.2) is 30.3 Å². The SMILES string of the molecule is COc1ccc(-c2nc3c(C)cc(C4CCN(C5CCN(C6CCC6)CC5)CC4)cc3n2C)cc1OC. The van der Waals surface area contributed by atoms with Crippen LogP contribution in [0.3, 0.4) is 0 Å². The third-order valence-electron chi connectivity index (χ3n) is 9.45. The second-order valence-electron chi connectivity index (χ2n) is 11.4. The number of fused-ring (bicyclic) bond motifs is 1. The van der Waals surface area contributed by atoms with Gasteiger partial charge in [-0.3, -0.25) is 0 Å². The fourth-order valence-electron chi connectivity index (χ4n) is 6.92. The molecular weight excluding hydrogens is 460 g/mol. The highest BCUT2D eigenvalue weighted by atomic mass is 16.5. The van der Waals surface area contributed by atoms with Gasteiger partial charge in [0.05, 0.1) is 25.3 Å². The first-order valence-electron chi connectivity index (χ1n) is 14.2. The molecule has 2 aromatic carbocycles. The lowest BCUT2D eigenvalue weighted by atomic mass is 9.86. The van der Waals surface area contributed by atoms with Crippen LogP contribution in [0.25, 0.3) is 22.4 Å². The second kappa shape index (κ2) is 10.3. The number of nitrogens with zero attached hydrogens (tertiary/aromatic N) is 4. The topological polar surface area (TPSA) is 42.8 Å². The predicted octanol–water partition coefficient (Wildman–Crippen LogP) is 5.76. The van der Waals surface area contributed by atoms with Gasteiger partial charge in [0.25, 0.3) is 0 Å². The number of aryl methyl sites for hydroxylation is 2. The Hall–Kier alpha value is -2.57. The van der Waals surface area contributed by atoms with E-state index in [1.807, 2.05) is 12.1 Å². The van der Waals surface area contributed by atoms with E-state index in [9.17, 15) is 0 Å². The molecule has 0 atom stereocenters. The average molecular weight is 503 g/mol. The van der Waals surface area contributed by atoms with E-state index >= 15 is 0 Å². The monoisotopic (exact) mass is 502 g/mol. The summed E-state index contributed by atoms with van der Waals surface area (Å²) in [6, 6.07) is 12.5. The molecule has 2 saturated heterocycles. The Kier molecular flexibility index (Phi) is 6.89. The number of imidazole rings is 1. The van der Waals surface area contributed by atoms with Gasteiger partial charge in [-0.2, -0.15) is 0 Å². The van der Waals surface area contributed by atoms with Gasteiger partial charge in [0, 0.05) is 24.7 Å². The van der Waals surface area contributed by atoms with Crippen LogP contribution in [0.4, 0.5) is 0 Å². The minimum Gasteiger partial charge on any atom is -0.493 e. The highest BCUT2D eigenvalue weighted by Crippen LogP contribution is 2.37. The van der Waals surface area contributed by atoms with E-state index in [2.05, 4.69) is 46.5 Å². The molecule has 0 spiro atoms. The van der Waals surface area contributed by atoms with Crippen LogP contribution in [0.2, 0.25) is 0 Å². The molecule has 6 rings (SSSR count). The number of rotatable bonds is 6. The fourth-order valence-corrected chi connectivity index (χ4v) is 6.92. The quantitative estimate of drug-likeness (QED) is 0.429. The molecule has 1 aromatic heterocycles. The number of aromatic nitrogens is 2. The smallest absolute Gasteiger partial charge is 0.161 e. The van der Waals surface area contributed by atoms with Crippen molar-refractivity contribution >= 4 is 11.0 Å². The number of likely N-dealkylation sites (tertiary alicyclic amines) is 2. The zero-order valence-electron chi connectivity index (χ0n) is 23.0. The normalized spacial score (nSPS) is 20.9. The lowest BCUT2D eigenvalue weighted by Gasteiger charge is -2.45. The van der Waals surface area contributed by atoms with Gasteiger partial charge in [0.1, 0.15) is 5.82 Å². The van der Waals surface area contributed by atoms with Gasteiger partial charge in [0.15, 0.2) is 11.5 Å². The Morgan fingerprint density at radius 3 is 2.05 bits per heavy atom. The molecule has 1 aliphatic carbocycles. The van der Waals surface area contributed by atoms with E-state index in [-0.39, 0.29) is 0 Å². The first-order chi connectivity index (χ1) is 18.1. The number of piperidine rings is 2. The van der Waals surface area contributed by atoms with Gasteiger partial charge in [-0.15, -0.1) is 0 Å². The maximum Gasteiger partial charge on any atom is 0.161 e. The first kappa shape index (κ1) is 24.7. The minimum absolute atomic E-state index is 0.633. The van der Waals surface area contributed by atoms with Crippen molar-refractivity contribution < 1.29 is 9.47 Å². The molecule has 1 saturated carbocycles. The molecule has 37 heavy (non-hydrogen) atoms. The predicted molar refractivity (Wildman–Crippen MR) is 150 cm³/mol. The maximum atomic E-state index is 5.54. The van der Waals surface area contributed by atoms with Crippen molar-refractivity contribution in [3.63, 3.8) is 0 Å². The van der Waals surface area contributed by atoms with E-state index < -0.39 is 0 Å². The Balaban J connectivity index is 1.16. The zero-order valence-corrected chi connectivity index (χ0v) is 23.0. The molecule has 0 radical (unpaired) electrons. The van der Waals surface area contributed by atoms with Crippen molar-refractivity contribution in [2.24, 2.45) is 7.05 Å². The molecular formula is C31H42N4O2. The molecule has 3 fully saturated rings. The second-order valence-corrected chi connectivity index (χ2v) is 11.4. The highest BCUT2D eigenvalue weighted by Gasteiger charge is 2.32. The van der Waals surface area contributed by atoms with Crippen molar-refractivity contribution in [3.8, 4) is 22.9 Å². The minimum atomic E-state index is 0.633. The van der Waals surface area contributed by atoms with Gasteiger partial charge in [-0.25, -0.2) is 4.98 Å². The summed E-state index contributed by atoms with van der Waals surface area (Å²) >= 11 is 0. The third kappa shape index (κ3) is 4.63. The number of hydrogen-bond acceptors (Lipinski definition) is 5. The molecule has 3 aliphatic rings. The lowest BCUT2D eigenvalue weighted by Crippen LogP contribution is -2.51. The van der Waals surface area contributed by atoms with Crippen LogP contribution in [-0.4, -0.2) is 71.8 Å². The molecule has 6 heteroatoms. The molecule has 0 amide bonds. The van der Waals surface area contributed by atoms with Gasteiger partial charge in [-0.05, 0) is 113 Å². The van der Waals surface area contributed by atoms with Gasteiger partial charge < -0.3 is 23.8 Å². The largest absolute Gasteiger partial charge is 0.493 e. The fraction of sp³-hybridized carbons (Fsp3) is 0.581. The number of ether oxygens (including phenoxy) is 2. The summed E-state index contributed by atoms with van der Waals surface area (Å²) in [5, 5.41) is 0. The van der Waals surface area contributed by atoms with Crippen molar-refractivity contribution in [2.75, 3.05) is 40.4 Å². The van der Waals surface area contributed by atoms with Gasteiger partial charge >= 0.3 is 0 Å². The summed E-state index contributed by atoms with van der Waals surface area (Å²) in [7, 11) is 5.47. The molecule has 0 unspecified atom stereocenters. The summed E-state index contributed by atoms with van der Waals surface area (Å²) in [5.74, 6) is 3.05. The van der Waals surface area contributed by atoms with Gasteiger partial charge in [-0.1, -0.05) is 12.5 Å². The standard InChI is InChI=1S/C31H42N4O2/c1-21-18-24(22-10-14-34(15-11-22)26-12-16-35(17-13-26)25-6-5-7-25)19-27-30(21)32-31(33(27)2)23-8-9-28(36-3)29(20-23)37-4/h8-9,18-20,22,25-26H,5-7,10-17H2,1-4H3. The molecule has 3 heterocycles. The van der Waals surface area contributed by atoms with Crippen LogP contribution in [0.5, 0.6) is 11.5 Å². The summed E-state index contributed by atoms with van der Waals surface area (Å²) < 4.78 is 13.2. The molecule has 6 nitrogen and oxygen atoms in total.